The lowest BCUT2D eigenvalue weighted by Crippen LogP contribution is -2.40. The summed E-state index contributed by atoms with van der Waals surface area (Å²) in [6.45, 7) is 7.37. The van der Waals surface area contributed by atoms with Gasteiger partial charge in [0.1, 0.15) is 0 Å². The maximum Gasteiger partial charge on any atom is 0.0906 e. The van der Waals surface area contributed by atoms with E-state index in [2.05, 4.69) is 24.1 Å². The Morgan fingerprint density at radius 1 is 1.50 bits per heavy atom. The summed E-state index contributed by atoms with van der Waals surface area (Å²) in [5, 5.41) is 3.53. The summed E-state index contributed by atoms with van der Waals surface area (Å²) < 4.78 is 12.1. The molecule has 0 radical (unpaired) electrons. The molecular formula is C11H23FN2. The van der Waals surface area contributed by atoms with E-state index >= 15 is 0 Å². The van der Waals surface area contributed by atoms with Gasteiger partial charge in [0.15, 0.2) is 0 Å². The highest BCUT2D eigenvalue weighted by atomic mass is 19.1. The molecule has 0 aromatic heterocycles. The minimum absolute atomic E-state index is 0.187. The van der Waals surface area contributed by atoms with Gasteiger partial charge in [-0.2, -0.15) is 0 Å². The first kappa shape index (κ1) is 11.9. The molecule has 1 saturated heterocycles. The van der Waals surface area contributed by atoms with Crippen molar-refractivity contribution in [1.82, 2.24) is 10.2 Å². The maximum absolute atomic E-state index is 12.1. The Morgan fingerprint density at radius 3 is 2.93 bits per heavy atom. The third-order valence-electron chi connectivity index (χ3n) is 3.15. The average Bonchev–Trinajstić information content (AvgIpc) is 2.37. The molecule has 84 valence electrons. The molecule has 3 heteroatoms. The summed E-state index contributed by atoms with van der Waals surface area (Å²) in [7, 11) is 0. The second-order valence-electron chi connectivity index (χ2n) is 4.23. The molecule has 1 fully saturated rings. The van der Waals surface area contributed by atoms with Gasteiger partial charge in [0, 0.05) is 25.2 Å². The van der Waals surface area contributed by atoms with Crippen LogP contribution in [0.4, 0.5) is 4.39 Å². The highest BCUT2D eigenvalue weighted by Gasteiger charge is 2.20. The van der Waals surface area contributed by atoms with Crippen LogP contribution >= 0.6 is 0 Å². The molecule has 0 bridgehead atoms. The van der Waals surface area contributed by atoms with E-state index in [4.69, 9.17) is 0 Å². The van der Waals surface area contributed by atoms with Crippen molar-refractivity contribution in [2.75, 3.05) is 26.3 Å². The zero-order valence-electron chi connectivity index (χ0n) is 9.43. The molecule has 0 spiro atoms. The van der Waals surface area contributed by atoms with E-state index in [-0.39, 0.29) is 6.67 Å². The van der Waals surface area contributed by atoms with Crippen LogP contribution in [0.2, 0.25) is 0 Å². The fourth-order valence-corrected chi connectivity index (χ4v) is 2.05. The van der Waals surface area contributed by atoms with E-state index in [0.717, 1.165) is 19.6 Å². The minimum Gasteiger partial charge on any atom is -0.313 e. The van der Waals surface area contributed by atoms with Crippen LogP contribution in [0.3, 0.4) is 0 Å². The third kappa shape index (κ3) is 3.54. The Kier molecular flexibility index (Phi) is 5.41. The summed E-state index contributed by atoms with van der Waals surface area (Å²) in [6.07, 6.45) is 3.03. The van der Waals surface area contributed by atoms with Gasteiger partial charge in [0.2, 0.25) is 0 Å². The molecule has 0 aromatic rings. The van der Waals surface area contributed by atoms with Gasteiger partial charge in [-0.05, 0) is 32.7 Å². The first-order valence-electron chi connectivity index (χ1n) is 5.81. The van der Waals surface area contributed by atoms with Gasteiger partial charge >= 0.3 is 0 Å². The molecule has 1 N–H and O–H groups in total. The van der Waals surface area contributed by atoms with E-state index in [1.54, 1.807) is 0 Å². The lowest BCUT2D eigenvalue weighted by Gasteiger charge is -2.28. The van der Waals surface area contributed by atoms with Gasteiger partial charge in [0.05, 0.1) is 6.67 Å². The number of hydrogen-bond donors (Lipinski definition) is 1. The normalized spacial score (nSPS) is 30.2. The number of nitrogens with one attached hydrogen (secondary N) is 1. The van der Waals surface area contributed by atoms with Crippen LogP contribution in [0.25, 0.3) is 0 Å². The lowest BCUT2D eigenvalue weighted by atomic mass is 10.2. The summed E-state index contributed by atoms with van der Waals surface area (Å²) >= 11 is 0. The number of halogens is 1. The van der Waals surface area contributed by atoms with E-state index in [1.807, 2.05) is 0 Å². The van der Waals surface area contributed by atoms with Crippen molar-refractivity contribution in [2.24, 2.45) is 0 Å². The minimum atomic E-state index is -0.187. The standard InChI is InChI=1S/C11H23FN2/c1-3-11-9-14(8-4-6-12)10(2)5-7-13-11/h10-11,13H,3-9H2,1-2H3. The topological polar surface area (TPSA) is 15.3 Å². The second kappa shape index (κ2) is 6.36. The molecule has 0 saturated carbocycles. The zero-order chi connectivity index (χ0) is 10.4. The van der Waals surface area contributed by atoms with Crippen LogP contribution < -0.4 is 5.32 Å². The van der Waals surface area contributed by atoms with Gasteiger partial charge in [0.25, 0.3) is 0 Å². The van der Waals surface area contributed by atoms with Crippen molar-refractivity contribution >= 4 is 0 Å². The van der Waals surface area contributed by atoms with Crippen molar-refractivity contribution in [1.29, 1.82) is 0 Å². The van der Waals surface area contributed by atoms with Crippen LogP contribution in [0.5, 0.6) is 0 Å². The molecule has 1 rings (SSSR count). The molecule has 2 nitrogen and oxygen atoms in total. The Morgan fingerprint density at radius 2 is 2.29 bits per heavy atom. The van der Waals surface area contributed by atoms with Crippen molar-refractivity contribution < 1.29 is 4.39 Å². The van der Waals surface area contributed by atoms with Crippen LogP contribution in [-0.4, -0.2) is 43.3 Å². The van der Waals surface area contributed by atoms with E-state index in [0.29, 0.717) is 18.5 Å². The average molecular weight is 202 g/mol. The Labute approximate surface area is 86.9 Å². The zero-order valence-corrected chi connectivity index (χ0v) is 9.43. The summed E-state index contributed by atoms with van der Waals surface area (Å²) in [4.78, 5) is 2.42. The quantitative estimate of drug-likeness (QED) is 0.748. The predicted molar refractivity (Wildman–Crippen MR) is 58.3 cm³/mol. The number of rotatable bonds is 4. The number of alkyl halides is 1. The molecule has 0 amide bonds. The van der Waals surface area contributed by atoms with Crippen molar-refractivity contribution in [3.8, 4) is 0 Å². The highest BCUT2D eigenvalue weighted by molar-refractivity contribution is 4.79. The fraction of sp³-hybridized carbons (Fsp3) is 1.00. The van der Waals surface area contributed by atoms with Crippen LogP contribution in [0.15, 0.2) is 0 Å². The molecule has 14 heavy (non-hydrogen) atoms. The van der Waals surface area contributed by atoms with Gasteiger partial charge in [-0.25, -0.2) is 0 Å². The van der Waals surface area contributed by atoms with Crippen molar-refractivity contribution in [2.45, 2.75) is 45.2 Å². The summed E-state index contributed by atoms with van der Waals surface area (Å²) in [5.41, 5.74) is 0. The molecular weight excluding hydrogens is 179 g/mol. The van der Waals surface area contributed by atoms with Crippen LogP contribution in [0.1, 0.15) is 33.1 Å². The smallest absolute Gasteiger partial charge is 0.0906 e. The highest BCUT2D eigenvalue weighted by Crippen LogP contribution is 2.10. The van der Waals surface area contributed by atoms with Gasteiger partial charge < -0.3 is 5.32 Å². The Hall–Kier alpha value is -0.150. The van der Waals surface area contributed by atoms with Crippen molar-refractivity contribution in [3.63, 3.8) is 0 Å². The van der Waals surface area contributed by atoms with E-state index < -0.39 is 0 Å². The number of hydrogen-bond acceptors (Lipinski definition) is 2. The first-order chi connectivity index (χ1) is 6.77. The second-order valence-corrected chi connectivity index (χ2v) is 4.23. The Balaban J connectivity index is 2.41. The molecule has 0 aliphatic carbocycles. The largest absolute Gasteiger partial charge is 0.313 e. The SMILES string of the molecule is CCC1CN(CCCF)C(C)CCN1. The fourth-order valence-electron chi connectivity index (χ4n) is 2.05. The monoisotopic (exact) mass is 202 g/mol. The van der Waals surface area contributed by atoms with Crippen molar-refractivity contribution in [3.05, 3.63) is 0 Å². The summed E-state index contributed by atoms with van der Waals surface area (Å²) in [5.74, 6) is 0. The number of nitrogens with zero attached hydrogens (tertiary/aromatic N) is 1. The Bertz CT molecular complexity index is 152. The lowest BCUT2D eigenvalue weighted by molar-refractivity contribution is 0.194. The third-order valence-corrected chi connectivity index (χ3v) is 3.15. The molecule has 1 heterocycles. The molecule has 1 aliphatic rings. The molecule has 2 atom stereocenters. The predicted octanol–water partition coefficient (Wildman–Crippen LogP) is 1.81. The van der Waals surface area contributed by atoms with E-state index in [1.165, 1.54) is 12.8 Å². The van der Waals surface area contributed by atoms with Gasteiger partial charge in [-0.3, -0.25) is 9.29 Å². The molecule has 1 aliphatic heterocycles. The van der Waals surface area contributed by atoms with Gasteiger partial charge in [-0.1, -0.05) is 6.92 Å². The summed E-state index contributed by atoms with van der Waals surface area (Å²) in [6, 6.07) is 1.20. The van der Waals surface area contributed by atoms with Crippen LogP contribution in [0, 0.1) is 0 Å². The molecule has 2 unspecified atom stereocenters. The van der Waals surface area contributed by atoms with E-state index in [9.17, 15) is 4.39 Å². The van der Waals surface area contributed by atoms with Crippen LogP contribution in [-0.2, 0) is 0 Å². The van der Waals surface area contributed by atoms with Gasteiger partial charge in [-0.15, -0.1) is 0 Å². The first-order valence-corrected chi connectivity index (χ1v) is 5.81. The molecule has 0 aromatic carbocycles. The maximum atomic E-state index is 12.1.